The Bertz CT molecular complexity index is 311. The SMILES string of the molecule is C=CCCC(CC)NCc1nc(C)c(C)s1. The molecule has 1 unspecified atom stereocenters. The summed E-state index contributed by atoms with van der Waals surface area (Å²) >= 11 is 1.80. The van der Waals surface area contributed by atoms with E-state index in [0.717, 1.165) is 19.4 Å². The molecule has 1 rings (SSSR count). The van der Waals surface area contributed by atoms with Gasteiger partial charge in [0.2, 0.25) is 0 Å². The highest BCUT2D eigenvalue weighted by molar-refractivity contribution is 7.11. The Balaban J connectivity index is 2.39. The van der Waals surface area contributed by atoms with Crippen LogP contribution in [-0.2, 0) is 6.54 Å². The molecule has 0 saturated carbocycles. The molecule has 1 aromatic rings. The molecule has 0 aliphatic rings. The van der Waals surface area contributed by atoms with Gasteiger partial charge in [0.25, 0.3) is 0 Å². The van der Waals surface area contributed by atoms with E-state index in [2.05, 4.69) is 37.7 Å². The second-order valence-corrected chi connectivity index (χ2v) is 5.39. The third-order valence-corrected chi connectivity index (χ3v) is 3.90. The molecule has 0 saturated heterocycles. The zero-order valence-corrected chi connectivity index (χ0v) is 11.4. The molecular formula is C13H22N2S. The van der Waals surface area contributed by atoms with Gasteiger partial charge in [-0.3, -0.25) is 0 Å². The van der Waals surface area contributed by atoms with Crippen LogP contribution in [-0.4, -0.2) is 11.0 Å². The monoisotopic (exact) mass is 238 g/mol. The molecule has 0 radical (unpaired) electrons. The van der Waals surface area contributed by atoms with Gasteiger partial charge in [-0.1, -0.05) is 13.0 Å². The van der Waals surface area contributed by atoms with E-state index in [4.69, 9.17) is 0 Å². The normalized spacial score (nSPS) is 12.7. The second kappa shape index (κ2) is 6.81. The number of allylic oxidation sites excluding steroid dienone is 1. The first-order chi connectivity index (χ1) is 7.67. The Morgan fingerprint density at radius 1 is 1.50 bits per heavy atom. The number of thiazole rings is 1. The van der Waals surface area contributed by atoms with Gasteiger partial charge in [-0.15, -0.1) is 17.9 Å². The van der Waals surface area contributed by atoms with Gasteiger partial charge in [0.1, 0.15) is 5.01 Å². The van der Waals surface area contributed by atoms with E-state index in [0.29, 0.717) is 6.04 Å². The molecule has 16 heavy (non-hydrogen) atoms. The van der Waals surface area contributed by atoms with Crippen LogP contribution in [0, 0.1) is 13.8 Å². The van der Waals surface area contributed by atoms with Crippen molar-refractivity contribution in [2.75, 3.05) is 0 Å². The topological polar surface area (TPSA) is 24.9 Å². The average Bonchev–Trinajstić information content (AvgIpc) is 2.59. The van der Waals surface area contributed by atoms with Gasteiger partial charge in [0, 0.05) is 17.5 Å². The van der Waals surface area contributed by atoms with Crippen molar-refractivity contribution in [2.45, 2.75) is 52.6 Å². The van der Waals surface area contributed by atoms with E-state index in [1.165, 1.54) is 22.0 Å². The minimum atomic E-state index is 0.586. The summed E-state index contributed by atoms with van der Waals surface area (Å²) in [4.78, 5) is 5.86. The first kappa shape index (κ1) is 13.4. The maximum absolute atomic E-state index is 4.53. The summed E-state index contributed by atoms with van der Waals surface area (Å²) in [5.41, 5.74) is 1.17. The molecule has 0 spiro atoms. The number of aromatic nitrogens is 1. The molecule has 0 amide bonds. The molecule has 90 valence electrons. The van der Waals surface area contributed by atoms with Crippen molar-refractivity contribution >= 4 is 11.3 Å². The lowest BCUT2D eigenvalue weighted by atomic mass is 10.1. The largest absolute Gasteiger partial charge is 0.308 e. The van der Waals surface area contributed by atoms with Crippen molar-refractivity contribution in [2.24, 2.45) is 0 Å². The predicted octanol–water partition coefficient (Wildman–Crippen LogP) is 3.59. The van der Waals surface area contributed by atoms with Crippen molar-refractivity contribution in [3.63, 3.8) is 0 Å². The van der Waals surface area contributed by atoms with Gasteiger partial charge in [0.05, 0.1) is 5.69 Å². The fourth-order valence-corrected chi connectivity index (χ4v) is 2.50. The third-order valence-electron chi connectivity index (χ3n) is 2.83. The van der Waals surface area contributed by atoms with Crippen LogP contribution < -0.4 is 5.32 Å². The highest BCUT2D eigenvalue weighted by Gasteiger charge is 2.07. The summed E-state index contributed by atoms with van der Waals surface area (Å²) in [5.74, 6) is 0. The summed E-state index contributed by atoms with van der Waals surface area (Å²) in [7, 11) is 0. The van der Waals surface area contributed by atoms with Gasteiger partial charge >= 0.3 is 0 Å². The Hall–Kier alpha value is -0.670. The van der Waals surface area contributed by atoms with Gasteiger partial charge in [-0.2, -0.15) is 0 Å². The van der Waals surface area contributed by atoms with E-state index in [9.17, 15) is 0 Å². The summed E-state index contributed by atoms with van der Waals surface area (Å²) in [6.45, 7) is 11.1. The molecule has 0 bridgehead atoms. The first-order valence-electron chi connectivity index (χ1n) is 5.94. The van der Waals surface area contributed by atoms with E-state index in [1.54, 1.807) is 11.3 Å². The zero-order valence-electron chi connectivity index (χ0n) is 10.5. The second-order valence-electron chi connectivity index (χ2n) is 4.10. The van der Waals surface area contributed by atoms with Gasteiger partial charge in [0.15, 0.2) is 0 Å². The van der Waals surface area contributed by atoms with Crippen molar-refractivity contribution in [3.05, 3.63) is 28.2 Å². The van der Waals surface area contributed by atoms with Crippen LogP contribution in [0.5, 0.6) is 0 Å². The van der Waals surface area contributed by atoms with E-state index >= 15 is 0 Å². The smallest absolute Gasteiger partial charge is 0.107 e. The van der Waals surface area contributed by atoms with E-state index in [1.807, 2.05) is 6.08 Å². The molecule has 1 atom stereocenters. The zero-order chi connectivity index (χ0) is 12.0. The van der Waals surface area contributed by atoms with Crippen molar-refractivity contribution in [1.82, 2.24) is 10.3 Å². The Morgan fingerprint density at radius 2 is 2.25 bits per heavy atom. The van der Waals surface area contributed by atoms with Crippen LogP contribution in [0.4, 0.5) is 0 Å². The molecule has 0 fully saturated rings. The Labute approximate surface area is 103 Å². The number of nitrogens with zero attached hydrogens (tertiary/aromatic N) is 1. The molecule has 1 N–H and O–H groups in total. The highest BCUT2D eigenvalue weighted by atomic mass is 32.1. The summed E-state index contributed by atoms with van der Waals surface area (Å²) in [6.07, 6.45) is 5.41. The summed E-state index contributed by atoms with van der Waals surface area (Å²) in [6, 6.07) is 0.586. The van der Waals surface area contributed by atoms with Crippen molar-refractivity contribution in [1.29, 1.82) is 0 Å². The number of hydrogen-bond acceptors (Lipinski definition) is 3. The molecule has 0 aliphatic carbocycles. The minimum absolute atomic E-state index is 0.586. The summed E-state index contributed by atoms with van der Waals surface area (Å²) < 4.78 is 0. The van der Waals surface area contributed by atoms with Gasteiger partial charge < -0.3 is 5.32 Å². The van der Waals surface area contributed by atoms with E-state index < -0.39 is 0 Å². The van der Waals surface area contributed by atoms with Crippen LogP contribution in [0.1, 0.15) is 41.8 Å². The maximum Gasteiger partial charge on any atom is 0.107 e. The maximum atomic E-state index is 4.53. The number of aryl methyl sites for hydroxylation is 2. The lowest BCUT2D eigenvalue weighted by Gasteiger charge is -2.14. The molecule has 0 aliphatic heterocycles. The van der Waals surface area contributed by atoms with Crippen LogP contribution >= 0.6 is 11.3 Å². The Morgan fingerprint density at radius 3 is 2.75 bits per heavy atom. The van der Waals surface area contributed by atoms with Crippen LogP contribution in [0.15, 0.2) is 12.7 Å². The summed E-state index contributed by atoms with van der Waals surface area (Å²) in [5, 5.41) is 4.76. The molecule has 2 nitrogen and oxygen atoms in total. The number of rotatable bonds is 7. The lowest BCUT2D eigenvalue weighted by molar-refractivity contribution is 0.470. The van der Waals surface area contributed by atoms with Crippen LogP contribution in [0.3, 0.4) is 0 Å². The molecule has 3 heteroatoms. The van der Waals surface area contributed by atoms with Gasteiger partial charge in [-0.05, 0) is 33.1 Å². The van der Waals surface area contributed by atoms with Crippen molar-refractivity contribution in [3.8, 4) is 0 Å². The highest BCUT2D eigenvalue weighted by Crippen LogP contribution is 2.16. The lowest BCUT2D eigenvalue weighted by Crippen LogP contribution is -2.27. The third kappa shape index (κ3) is 4.06. The standard InChI is InChI=1S/C13H22N2S/c1-5-7-8-12(6-2)14-9-13-15-10(3)11(4)16-13/h5,12,14H,1,6-9H2,2-4H3. The predicted molar refractivity (Wildman–Crippen MR) is 71.9 cm³/mol. The number of hydrogen-bond donors (Lipinski definition) is 1. The average molecular weight is 238 g/mol. The quantitative estimate of drug-likeness (QED) is 0.734. The van der Waals surface area contributed by atoms with Crippen molar-refractivity contribution < 1.29 is 0 Å². The fraction of sp³-hybridized carbons (Fsp3) is 0.615. The van der Waals surface area contributed by atoms with Gasteiger partial charge in [-0.25, -0.2) is 4.98 Å². The minimum Gasteiger partial charge on any atom is -0.308 e. The molecule has 1 aromatic heterocycles. The van der Waals surface area contributed by atoms with Crippen LogP contribution in [0.25, 0.3) is 0 Å². The molecular weight excluding hydrogens is 216 g/mol. The van der Waals surface area contributed by atoms with E-state index in [-0.39, 0.29) is 0 Å². The van der Waals surface area contributed by atoms with Crippen LogP contribution in [0.2, 0.25) is 0 Å². The Kier molecular flexibility index (Phi) is 5.71. The number of nitrogens with one attached hydrogen (secondary N) is 1. The fourth-order valence-electron chi connectivity index (χ4n) is 1.62. The first-order valence-corrected chi connectivity index (χ1v) is 6.76. The molecule has 0 aromatic carbocycles. The molecule has 1 heterocycles.